The zero-order valence-corrected chi connectivity index (χ0v) is 15.8. The molecule has 6 heteroatoms. The van der Waals surface area contributed by atoms with E-state index < -0.39 is 0 Å². The summed E-state index contributed by atoms with van der Waals surface area (Å²) in [5, 5.41) is 6.12. The van der Waals surface area contributed by atoms with E-state index in [1.165, 1.54) is 5.56 Å². The molecule has 2 amide bonds. The zero-order chi connectivity index (χ0) is 18.8. The maximum absolute atomic E-state index is 12.7. The average Bonchev–Trinajstić information content (AvgIpc) is 2.98. The molecule has 3 rings (SSSR count). The molecule has 0 aliphatic carbocycles. The molecule has 1 aliphatic rings. The molecule has 2 atom stereocenters. The second-order valence-corrected chi connectivity index (χ2v) is 7.24. The van der Waals surface area contributed by atoms with Gasteiger partial charge in [0, 0.05) is 13.5 Å². The number of imidazole rings is 1. The summed E-state index contributed by atoms with van der Waals surface area (Å²) in [5.74, 6) is -0.0136. The Morgan fingerprint density at radius 3 is 2.62 bits per heavy atom. The lowest BCUT2D eigenvalue weighted by Gasteiger charge is -2.33. The first kappa shape index (κ1) is 18.2. The van der Waals surface area contributed by atoms with Gasteiger partial charge in [-0.2, -0.15) is 0 Å². The third kappa shape index (κ3) is 3.79. The summed E-state index contributed by atoms with van der Waals surface area (Å²) in [4.78, 5) is 28.7. The Morgan fingerprint density at radius 2 is 2.00 bits per heavy atom. The SMILES string of the molecule is Cc1cc(C)c(CC(=O)N[C@@H]2CCC(=O)N[C@H]2c2cncn2C)c(C)c1. The number of piperidine rings is 1. The third-order valence-corrected chi connectivity index (χ3v) is 5.10. The van der Waals surface area contributed by atoms with Crippen molar-refractivity contribution in [1.82, 2.24) is 20.2 Å². The molecule has 1 saturated heterocycles. The summed E-state index contributed by atoms with van der Waals surface area (Å²) in [7, 11) is 1.89. The molecular weight excluding hydrogens is 328 g/mol. The molecule has 1 fully saturated rings. The molecule has 1 aromatic heterocycles. The molecule has 26 heavy (non-hydrogen) atoms. The van der Waals surface area contributed by atoms with Gasteiger partial charge in [0.25, 0.3) is 0 Å². The highest BCUT2D eigenvalue weighted by Gasteiger charge is 2.32. The van der Waals surface area contributed by atoms with E-state index >= 15 is 0 Å². The van der Waals surface area contributed by atoms with Crippen LogP contribution in [-0.4, -0.2) is 27.4 Å². The van der Waals surface area contributed by atoms with E-state index in [0.717, 1.165) is 22.4 Å². The Balaban J connectivity index is 1.75. The minimum atomic E-state index is -0.257. The molecular formula is C20H26N4O2. The molecule has 0 radical (unpaired) electrons. The van der Waals surface area contributed by atoms with Crippen molar-refractivity contribution in [1.29, 1.82) is 0 Å². The van der Waals surface area contributed by atoms with Crippen molar-refractivity contribution in [2.75, 3.05) is 0 Å². The van der Waals surface area contributed by atoms with Crippen molar-refractivity contribution in [2.45, 2.75) is 52.1 Å². The lowest BCUT2D eigenvalue weighted by Crippen LogP contribution is -2.51. The van der Waals surface area contributed by atoms with Crippen LogP contribution >= 0.6 is 0 Å². The highest BCUT2D eigenvalue weighted by molar-refractivity contribution is 5.81. The molecule has 138 valence electrons. The van der Waals surface area contributed by atoms with Crippen molar-refractivity contribution < 1.29 is 9.59 Å². The van der Waals surface area contributed by atoms with Crippen LogP contribution in [0.2, 0.25) is 0 Å². The van der Waals surface area contributed by atoms with E-state index in [-0.39, 0.29) is 23.9 Å². The van der Waals surface area contributed by atoms with E-state index in [0.29, 0.717) is 19.3 Å². The van der Waals surface area contributed by atoms with Gasteiger partial charge in [-0.15, -0.1) is 0 Å². The monoisotopic (exact) mass is 354 g/mol. The summed E-state index contributed by atoms with van der Waals surface area (Å²) >= 11 is 0. The Labute approximate surface area is 154 Å². The van der Waals surface area contributed by atoms with E-state index in [1.54, 1.807) is 12.5 Å². The predicted octanol–water partition coefficient (Wildman–Crippen LogP) is 2.02. The Morgan fingerprint density at radius 1 is 1.31 bits per heavy atom. The Kier molecular flexibility index (Phi) is 5.11. The fraction of sp³-hybridized carbons (Fsp3) is 0.450. The average molecular weight is 354 g/mol. The van der Waals surface area contributed by atoms with Gasteiger partial charge in [0.15, 0.2) is 0 Å². The number of aryl methyl sites for hydroxylation is 4. The van der Waals surface area contributed by atoms with Gasteiger partial charge in [-0.3, -0.25) is 9.59 Å². The molecule has 0 unspecified atom stereocenters. The molecule has 0 bridgehead atoms. The number of amides is 2. The van der Waals surface area contributed by atoms with E-state index in [9.17, 15) is 9.59 Å². The lowest BCUT2D eigenvalue weighted by molar-refractivity contribution is -0.127. The predicted molar refractivity (Wildman–Crippen MR) is 99.6 cm³/mol. The molecule has 0 saturated carbocycles. The van der Waals surface area contributed by atoms with Crippen LogP contribution in [-0.2, 0) is 23.1 Å². The van der Waals surface area contributed by atoms with Crippen LogP contribution in [0.4, 0.5) is 0 Å². The molecule has 1 aliphatic heterocycles. The van der Waals surface area contributed by atoms with Crippen LogP contribution in [0.15, 0.2) is 24.7 Å². The number of carbonyl (C=O) groups excluding carboxylic acids is 2. The van der Waals surface area contributed by atoms with E-state index in [2.05, 4.69) is 34.7 Å². The van der Waals surface area contributed by atoms with Crippen LogP contribution in [0.5, 0.6) is 0 Å². The van der Waals surface area contributed by atoms with Gasteiger partial charge in [0.2, 0.25) is 11.8 Å². The minimum Gasteiger partial charge on any atom is -0.351 e. The van der Waals surface area contributed by atoms with Crippen molar-refractivity contribution >= 4 is 11.8 Å². The Hall–Kier alpha value is -2.63. The van der Waals surface area contributed by atoms with Crippen LogP contribution in [0.3, 0.4) is 0 Å². The van der Waals surface area contributed by atoms with Crippen molar-refractivity contribution in [3.8, 4) is 0 Å². The number of benzene rings is 1. The first-order valence-corrected chi connectivity index (χ1v) is 8.97. The summed E-state index contributed by atoms with van der Waals surface area (Å²) < 4.78 is 1.88. The zero-order valence-electron chi connectivity index (χ0n) is 15.8. The van der Waals surface area contributed by atoms with Gasteiger partial charge in [0.1, 0.15) is 0 Å². The summed E-state index contributed by atoms with van der Waals surface area (Å²) in [6, 6.07) is 3.82. The summed E-state index contributed by atoms with van der Waals surface area (Å²) in [6.07, 6.45) is 4.83. The van der Waals surface area contributed by atoms with Crippen LogP contribution in [0.1, 0.15) is 46.8 Å². The summed E-state index contributed by atoms with van der Waals surface area (Å²) in [6.45, 7) is 6.15. The molecule has 0 spiro atoms. The highest BCUT2D eigenvalue weighted by Crippen LogP contribution is 2.24. The fourth-order valence-electron chi connectivity index (χ4n) is 3.81. The second kappa shape index (κ2) is 7.32. The molecule has 1 aromatic carbocycles. The topological polar surface area (TPSA) is 76.0 Å². The number of nitrogens with one attached hydrogen (secondary N) is 2. The number of aromatic nitrogens is 2. The molecule has 2 N–H and O–H groups in total. The quantitative estimate of drug-likeness (QED) is 0.882. The van der Waals surface area contributed by atoms with Gasteiger partial charge in [-0.25, -0.2) is 4.98 Å². The lowest BCUT2D eigenvalue weighted by atomic mass is 9.94. The van der Waals surface area contributed by atoms with Gasteiger partial charge in [-0.1, -0.05) is 17.7 Å². The maximum atomic E-state index is 12.7. The third-order valence-electron chi connectivity index (χ3n) is 5.10. The smallest absolute Gasteiger partial charge is 0.224 e. The van der Waals surface area contributed by atoms with Crippen molar-refractivity contribution in [3.05, 3.63) is 52.6 Å². The largest absolute Gasteiger partial charge is 0.351 e. The normalized spacial score (nSPS) is 19.9. The van der Waals surface area contributed by atoms with Crippen LogP contribution < -0.4 is 10.6 Å². The van der Waals surface area contributed by atoms with Crippen molar-refractivity contribution in [2.24, 2.45) is 7.05 Å². The number of nitrogens with zero attached hydrogens (tertiary/aromatic N) is 2. The van der Waals surface area contributed by atoms with Crippen LogP contribution in [0.25, 0.3) is 0 Å². The van der Waals surface area contributed by atoms with E-state index in [4.69, 9.17) is 0 Å². The second-order valence-electron chi connectivity index (χ2n) is 7.24. The number of hydrogen-bond acceptors (Lipinski definition) is 3. The van der Waals surface area contributed by atoms with Crippen molar-refractivity contribution in [3.63, 3.8) is 0 Å². The van der Waals surface area contributed by atoms with Gasteiger partial charge in [-0.05, 0) is 43.9 Å². The van der Waals surface area contributed by atoms with E-state index in [1.807, 2.05) is 25.5 Å². The molecule has 6 nitrogen and oxygen atoms in total. The molecule has 2 aromatic rings. The first-order valence-electron chi connectivity index (χ1n) is 8.97. The summed E-state index contributed by atoms with van der Waals surface area (Å²) in [5.41, 5.74) is 5.45. The highest BCUT2D eigenvalue weighted by atomic mass is 16.2. The van der Waals surface area contributed by atoms with Gasteiger partial charge < -0.3 is 15.2 Å². The molecule has 2 heterocycles. The number of carbonyl (C=O) groups is 2. The fourth-order valence-corrected chi connectivity index (χ4v) is 3.81. The number of rotatable bonds is 4. The standard InChI is InChI=1S/C20H26N4O2/c1-12-7-13(2)15(14(3)8-12)9-19(26)22-16-5-6-18(25)23-20(16)17-10-21-11-24(17)4/h7-8,10-11,16,20H,5-6,9H2,1-4H3,(H,22,26)(H,23,25)/t16-,20-/m1/s1. The van der Waals surface area contributed by atoms with Gasteiger partial charge in [0.05, 0.1) is 36.7 Å². The minimum absolute atomic E-state index is 0.00641. The maximum Gasteiger partial charge on any atom is 0.224 e. The Bertz CT molecular complexity index is 817. The van der Waals surface area contributed by atoms with Gasteiger partial charge >= 0.3 is 0 Å². The number of hydrogen-bond donors (Lipinski definition) is 2. The first-order chi connectivity index (χ1) is 12.3. The van der Waals surface area contributed by atoms with Crippen LogP contribution in [0, 0.1) is 20.8 Å².